The molecule has 0 saturated heterocycles. The van der Waals surface area contributed by atoms with Gasteiger partial charge in [-0.2, -0.15) is 0 Å². The Morgan fingerprint density at radius 1 is 1.50 bits per heavy atom. The topological polar surface area (TPSA) is 75.3 Å². The van der Waals surface area contributed by atoms with Crippen LogP contribution >= 0.6 is 15.9 Å². The molecule has 0 aliphatic heterocycles. The molecular weight excluding hydrogens is 272 g/mol. The molecule has 0 aliphatic rings. The molecule has 0 radical (unpaired) electrons. The van der Waals surface area contributed by atoms with Crippen LogP contribution in [-0.4, -0.2) is 34.3 Å². The monoisotopic (exact) mass is 288 g/mol. The summed E-state index contributed by atoms with van der Waals surface area (Å²) in [4.78, 5) is 10.2. The molecule has 0 aromatic carbocycles. The summed E-state index contributed by atoms with van der Waals surface area (Å²) in [6.07, 6.45) is 2.15. The lowest BCUT2D eigenvalue weighted by Crippen LogP contribution is -2.33. The van der Waals surface area contributed by atoms with Gasteiger partial charge >= 0.3 is 0 Å². The molecule has 0 atom stereocenters. The second-order valence-electron chi connectivity index (χ2n) is 3.76. The molecule has 0 saturated carbocycles. The van der Waals surface area contributed by atoms with Crippen LogP contribution in [0.15, 0.2) is 10.8 Å². The van der Waals surface area contributed by atoms with Crippen LogP contribution in [-0.2, 0) is 0 Å². The van der Waals surface area contributed by atoms with Crippen molar-refractivity contribution in [3.05, 3.63) is 10.8 Å². The van der Waals surface area contributed by atoms with E-state index < -0.39 is 0 Å². The van der Waals surface area contributed by atoms with Crippen LogP contribution in [0.25, 0.3) is 0 Å². The smallest absolute Gasteiger partial charge is 0.148 e. The Labute approximate surface area is 104 Å². The summed E-state index contributed by atoms with van der Waals surface area (Å²) >= 11 is 3.39. The third kappa shape index (κ3) is 3.05. The molecule has 0 aliphatic carbocycles. The van der Waals surface area contributed by atoms with Gasteiger partial charge in [-0.15, -0.1) is 0 Å². The van der Waals surface area contributed by atoms with Crippen LogP contribution in [0.2, 0.25) is 0 Å². The van der Waals surface area contributed by atoms with E-state index >= 15 is 0 Å². The molecule has 0 fully saturated rings. The molecule has 6 heteroatoms. The minimum absolute atomic E-state index is 0.168. The molecule has 16 heavy (non-hydrogen) atoms. The van der Waals surface area contributed by atoms with Gasteiger partial charge < -0.3 is 15.7 Å². The maximum absolute atomic E-state index is 8.87. The summed E-state index contributed by atoms with van der Waals surface area (Å²) < 4.78 is 0.710. The number of aromatic nitrogens is 2. The minimum Gasteiger partial charge on any atom is -0.396 e. The first-order valence-electron chi connectivity index (χ1n) is 5.21. The standard InChI is InChI=1S/C10H17BrN4O/c1-7(2)15(4-3-5-16)10-8(11)9(12)13-6-14-10/h6-7,16H,3-5H2,1-2H3,(H2,12,13,14). The largest absolute Gasteiger partial charge is 0.396 e. The maximum Gasteiger partial charge on any atom is 0.148 e. The molecular formula is C10H17BrN4O. The van der Waals surface area contributed by atoms with Crippen molar-refractivity contribution < 1.29 is 5.11 Å². The first-order chi connectivity index (χ1) is 7.57. The summed E-state index contributed by atoms with van der Waals surface area (Å²) in [6.45, 7) is 5.05. The Bertz CT molecular complexity index is 346. The molecule has 1 aromatic heterocycles. The zero-order chi connectivity index (χ0) is 12.1. The molecule has 1 heterocycles. The number of nitrogen functional groups attached to an aromatic ring is 1. The molecule has 5 nitrogen and oxygen atoms in total. The normalized spacial score (nSPS) is 10.8. The summed E-state index contributed by atoms with van der Waals surface area (Å²) in [5, 5.41) is 8.87. The van der Waals surface area contributed by atoms with Crippen molar-refractivity contribution in [1.82, 2.24) is 9.97 Å². The van der Waals surface area contributed by atoms with E-state index in [1.165, 1.54) is 6.33 Å². The fourth-order valence-electron chi connectivity index (χ4n) is 1.42. The van der Waals surface area contributed by atoms with Crippen molar-refractivity contribution in [3.63, 3.8) is 0 Å². The average Bonchev–Trinajstić information content (AvgIpc) is 2.24. The lowest BCUT2D eigenvalue weighted by atomic mass is 10.3. The molecule has 1 aromatic rings. The van der Waals surface area contributed by atoms with Gasteiger partial charge in [0.05, 0.1) is 0 Å². The highest BCUT2D eigenvalue weighted by Crippen LogP contribution is 2.28. The van der Waals surface area contributed by atoms with E-state index in [9.17, 15) is 0 Å². The second-order valence-corrected chi connectivity index (χ2v) is 4.55. The molecule has 3 N–H and O–H groups in total. The van der Waals surface area contributed by atoms with Crippen LogP contribution in [0.1, 0.15) is 20.3 Å². The van der Waals surface area contributed by atoms with Gasteiger partial charge in [-0.1, -0.05) is 0 Å². The molecule has 1 rings (SSSR count). The van der Waals surface area contributed by atoms with Crippen molar-refractivity contribution in [1.29, 1.82) is 0 Å². The molecule has 0 spiro atoms. The van der Waals surface area contributed by atoms with Crippen LogP contribution in [0.5, 0.6) is 0 Å². The van der Waals surface area contributed by atoms with Gasteiger partial charge in [0.15, 0.2) is 0 Å². The Morgan fingerprint density at radius 3 is 2.75 bits per heavy atom. The van der Waals surface area contributed by atoms with Crippen LogP contribution < -0.4 is 10.6 Å². The Morgan fingerprint density at radius 2 is 2.19 bits per heavy atom. The Balaban J connectivity index is 2.96. The number of hydrogen-bond acceptors (Lipinski definition) is 5. The van der Waals surface area contributed by atoms with Gasteiger partial charge in [-0.3, -0.25) is 0 Å². The van der Waals surface area contributed by atoms with E-state index in [-0.39, 0.29) is 12.6 Å². The number of rotatable bonds is 5. The highest BCUT2D eigenvalue weighted by molar-refractivity contribution is 9.10. The van der Waals surface area contributed by atoms with Crippen molar-refractivity contribution in [2.24, 2.45) is 0 Å². The van der Waals surface area contributed by atoms with E-state index in [0.717, 1.165) is 12.4 Å². The van der Waals surface area contributed by atoms with Gasteiger partial charge in [0, 0.05) is 19.2 Å². The summed E-state index contributed by atoms with van der Waals surface area (Å²) in [5.41, 5.74) is 5.71. The Kier molecular flexibility index (Phi) is 4.95. The number of aliphatic hydroxyl groups is 1. The number of halogens is 1. The van der Waals surface area contributed by atoms with Crippen molar-refractivity contribution in [2.75, 3.05) is 23.8 Å². The second kappa shape index (κ2) is 6.00. The van der Waals surface area contributed by atoms with Gasteiger partial charge in [0.2, 0.25) is 0 Å². The van der Waals surface area contributed by atoms with Gasteiger partial charge in [0.25, 0.3) is 0 Å². The van der Waals surface area contributed by atoms with E-state index in [0.29, 0.717) is 16.7 Å². The van der Waals surface area contributed by atoms with Crippen molar-refractivity contribution in [3.8, 4) is 0 Å². The zero-order valence-electron chi connectivity index (χ0n) is 9.52. The fraction of sp³-hybridized carbons (Fsp3) is 0.600. The van der Waals surface area contributed by atoms with E-state index in [1.807, 2.05) is 0 Å². The molecule has 90 valence electrons. The summed E-state index contributed by atoms with van der Waals surface area (Å²) in [6, 6.07) is 0.289. The van der Waals surface area contributed by atoms with Gasteiger partial charge in [-0.25, -0.2) is 9.97 Å². The van der Waals surface area contributed by atoms with Crippen molar-refractivity contribution in [2.45, 2.75) is 26.3 Å². The predicted molar refractivity (Wildman–Crippen MR) is 68.3 cm³/mol. The van der Waals surface area contributed by atoms with Gasteiger partial charge in [0.1, 0.15) is 22.4 Å². The quantitative estimate of drug-likeness (QED) is 0.857. The number of anilines is 2. The minimum atomic E-state index is 0.168. The van der Waals surface area contributed by atoms with Crippen LogP contribution in [0, 0.1) is 0 Å². The van der Waals surface area contributed by atoms with E-state index in [1.54, 1.807) is 0 Å². The SMILES string of the molecule is CC(C)N(CCCO)c1ncnc(N)c1Br. The predicted octanol–water partition coefficient (Wildman–Crippen LogP) is 1.42. The third-order valence-corrected chi connectivity index (χ3v) is 3.01. The number of aliphatic hydroxyl groups excluding tert-OH is 1. The molecule has 0 bridgehead atoms. The third-order valence-electron chi connectivity index (χ3n) is 2.25. The lowest BCUT2D eigenvalue weighted by molar-refractivity contribution is 0.288. The fourth-order valence-corrected chi connectivity index (χ4v) is 1.86. The molecule has 0 unspecified atom stereocenters. The highest BCUT2D eigenvalue weighted by Gasteiger charge is 2.16. The van der Waals surface area contributed by atoms with E-state index in [2.05, 4.69) is 44.6 Å². The zero-order valence-corrected chi connectivity index (χ0v) is 11.1. The molecule has 0 amide bonds. The average molecular weight is 289 g/mol. The number of hydrogen-bond donors (Lipinski definition) is 2. The van der Waals surface area contributed by atoms with E-state index in [4.69, 9.17) is 10.8 Å². The summed E-state index contributed by atoms with van der Waals surface area (Å²) in [7, 11) is 0. The number of nitrogens with zero attached hydrogens (tertiary/aromatic N) is 3. The van der Waals surface area contributed by atoms with Crippen LogP contribution in [0.4, 0.5) is 11.6 Å². The number of nitrogens with two attached hydrogens (primary N) is 1. The first kappa shape index (κ1) is 13.2. The van der Waals surface area contributed by atoms with Crippen molar-refractivity contribution >= 4 is 27.6 Å². The first-order valence-corrected chi connectivity index (χ1v) is 6.00. The van der Waals surface area contributed by atoms with Crippen LogP contribution in [0.3, 0.4) is 0 Å². The lowest BCUT2D eigenvalue weighted by Gasteiger charge is -2.28. The maximum atomic E-state index is 8.87. The highest BCUT2D eigenvalue weighted by atomic mass is 79.9. The Hall–Kier alpha value is -0.880. The summed E-state index contributed by atoms with van der Waals surface area (Å²) in [5.74, 6) is 1.20. The van der Waals surface area contributed by atoms with Gasteiger partial charge in [-0.05, 0) is 36.2 Å².